The number of hydrogen-bond donors (Lipinski definition) is 2. The lowest BCUT2D eigenvalue weighted by Crippen LogP contribution is -1.85. The maximum atomic E-state index is 4.46. The van der Waals surface area contributed by atoms with E-state index in [1.807, 2.05) is 32.4 Å². The second-order valence-corrected chi connectivity index (χ2v) is 3.78. The predicted octanol–water partition coefficient (Wildman–Crippen LogP) is 2.49. The number of thiazole rings is 1. The van der Waals surface area contributed by atoms with E-state index in [2.05, 4.69) is 15.3 Å². The Morgan fingerprint density at radius 2 is 2.38 bits per heavy atom. The lowest BCUT2D eigenvalue weighted by molar-refractivity contribution is 1.26. The zero-order chi connectivity index (χ0) is 9.26. The van der Waals surface area contributed by atoms with Crippen LogP contribution in [0, 0.1) is 6.92 Å². The molecule has 0 atom stereocenters. The average Bonchev–Trinajstić information content (AvgIpc) is 2.71. The van der Waals surface area contributed by atoms with E-state index in [-0.39, 0.29) is 0 Å². The molecule has 0 aliphatic rings. The third-order valence-electron chi connectivity index (χ3n) is 1.87. The van der Waals surface area contributed by atoms with Crippen molar-refractivity contribution in [3.8, 4) is 10.6 Å². The number of aromatic amines is 1. The third-order valence-corrected chi connectivity index (χ3v) is 3.09. The van der Waals surface area contributed by atoms with Crippen LogP contribution in [0.5, 0.6) is 0 Å². The molecule has 0 spiro atoms. The van der Waals surface area contributed by atoms with Crippen LogP contribution in [0.15, 0.2) is 18.5 Å². The van der Waals surface area contributed by atoms with Gasteiger partial charge < -0.3 is 10.3 Å². The lowest BCUT2D eigenvalue weighted by atomic mass is 10.3. The smallest absolute Gasteiger partial charge is 0.127 e. The Bertz CT molecular complexity index is 389. The van der Waals surface area contributed by atoms with Gasteiger partial charge in [-0.2, -0.15) is 0 Å². The second-order valence-electron chi connectivity index (χ2n) is 2.78. The van der Waals surface area contributed by atoms with Crippen LogP contribution in [0.3, 0.4) is 0 Å². The number of hydrogen-bond acceptors (Lipinski definition) is 3. The summed E-state index contributed by atoms with van der Waals surface area (Å²) in [4.78, 5) is 7.48. The fourth-order valence-corrected chi connectivity index (χ4v) is 2.12. The fourth-order valence-electron chi connectivity index (χ4n) is 1.21. The Morgan fingerprint density at radius 3 is 2.92 bits per heavy atom. The zero-order valence-electron chi connectivity index (χ0n) is 7.59. The van der Waals surface area contributed by atoms with Gasteiger partial charge in [0.15, 0.2) is 0 Å². The molecule has 0 aromatic carbocycles. The normalized spacial score (nSPS) is 10.3. The molecular weight excluding hydrogens is 182 g/mol. The van der Waals surface area contributed by atoms with Crippen molar-refractivity contribution >= 4 is 16.3 Å². The Labute approximate surface area is 80.8 Å². The lowest BCUT2D eigenvalue weighted by Gasteiger charge is -1.90. The minimum Gasteiger partial charge on any atom is -0.378 e. The zero-order valence-corrected chi connectivity index (χ0v) is 8.40. The van der Waals surface area contributed by atoms with E-state index >= 15 is 0 Å². The van der Waals surface area contributed by atoms with Gasteiger partial charge in [0.1, 0.15) is 10.0 Å². The van der Waals surface area contributed by atoms with Gasteiger partial charge in [0.25, 0.3) is 0 Å². The second kappa shape index (κ2) is 3.22. The summed E-state index contributed by atoms with van der Waals surface area (Å²) in [5, 5.41) is 5.32. The van der Waals surface area contributed by atoms with E-state index in [0.717, 1.165) is 21.3 Å². The Balaban J connectivity index is 2.43. The quantitative estimate of drug-likeness (QED) is 0.769. The molecule has 2 rings (SSSR count). The molecule has 0 amide bonds. The number of nitrogens with one attached hydrogen (secondary N) is 2. The van der Waals surface area contributed by atoms with Gasteiger partial charge in [-0.1, -0.05) is 11.3 Å². The van der Waals surface area contributed by atoms with E-state index in [4.69, 9.17) is 0 Å². The summed E-state index contributed by atoms with van der Waals surface area (Å²) in [7, 11) is 1.92. The molecule has 0 bridgehead atoms. The summed E-state index contributed by atoms with van der Waals surface area (Å²) >= 11 is 1.67. The molecular formula is C9H11N3S. The van der Waals surface area contributed by atoms with Crippen molar-refractivity contribution in [3.05, 3.63) is 24.2 Å². The van der Waals surface area contributed by atoms with Crippen molar-refractivity contribution in [1.29, 1.82) is 0 Å². The minimum atomic E-state index is 1.06. The number of H-pyrrole nitrogens is 1. The first-order valence-corrected chi connectivity index (χ1v) is 4.91. The number of rotatable bonds is 2. The molecule has 2 aromatic rings. The number of aromatic nitrogens is 2. The van der Waals surface area contributed by atoms with E-state index < -0.39 is 0 Å². The van der Waals surface area contributed by atoms with Gasteiger partial charge in [-0.05, 0) is 13.0 Å². The van der Waals surface area contributed by atoms with E-state index in [9.17, 15) is 0 Å². The molecule has 13 heavy (non-hydrogen) atoms. The molecule has 68 valence electrons. The monoisotopic (exact) mass is 193 g/mol. The van der Waals surface area contributed by atoms with Gasteiger partial charge in [-0.25, -0.2) is 4.98 Å². The number of aryl methyl sites for hydroxylation is 1. The topological polar surface area (TPSA) is 40.7 Å². The molecule has 3 nitrogen and oxygen atoms in total. The van der Waals surface area contributed by atoms with Crippen LogP contribution in [-0.4, -0.2) is 17.0 Å². The van der Waals surface area contributed by atoms with Gasteiger partial charge in [-0.3, -0.25) is 0 Å². The van der Waals surface area contributed by atoms with Crippen LogP contribution in [0.25, 0.3) is 10.6 Å². The molecule has 0 radical (unpaired) electrons. The van der Waals surface area contributed by atoms with Crippen LogP contribution >= 0.6 is 11.3 Å². The molecule has 0 aliphatic heterocycles. The first-order valence-electron chi connectivity index (χ1n) is 4.09. The minimum absolute atomic E-state index is 1.06. The molecule has 2 aromatic heterocycles. The van der Waals surface area contributed by atoms with Gasteiger partial charge in [0.2, 0.25) is 0 Å². The maximum absolute atomic E-state index is 4.46. The standard InChI is InChI=1S/C9H11N3S/c1-6-8(10-2)13-9(12-6)7-3-4-11-5-7/h3-5,10-11H,1-2H3. The molecule has 0 saturated carbocycles. The van der Waals surface area contributed by atoms with Crippen LogP contribution in [-0.2, 0) is 0 Å². The Hall–Kier alpha value is -1.29. The predicted molar refractivity (Wildman–Crippen MR) is 56.2 cm³/mol. The average molecular weight is 193 g/mol. The number of nitrogens with zero attached hydrogens (tertiary/aromatic N) is 1. The highest BCUT2D eigenvalue weighted by Crippen LogP contribution is 2.30. The summed E-state index contributed by atoms with van der Waals surface area (Å²) in [5.74, 6) is 0. The van der Waals surface area contributed by atoms with Crippen LogP contribution in [0.4, 0.5) is 5.00 Å². The largest absolute Gasteiger partial charge is 0.378 e. The molecule has 0 aliphatic carbocycles. The van der Waals surface area contributed by atoms with E-state index in [0.29, 0.717) is 0 Å². The highest BCUT2D eigenvalue weighted by Gasteiger charge is 2.07. The fraction of sp³-hybridized carbons (Fsp3) is 0.222. The maximum Gasteiger partial charge on any atom is 0.127 e. The van der Waals surface area contributed by atoms with Crippen molar-refractivity contribution in [1.82, 2.24) is 9.97 Å². The summed E-state index contributed by atoms with van der Waals surface area (Å²) in [6.07, 6.45) is 3.86. The molecule has 0 unspecified atom stereocenters. The molecule has 2 N–H and O–H groups in total. The van der Waals surface area contributed by atoms with Gasteiger partial charge in [-0.15, -0.1) is 0 Å². The van der Waals surface area contributed by atoms with Crippen LogP contribution in [0.2, 0.25) is 0 Å². The van der Waals surface area contributed by atoms with E-state index in [1.54, 1.807) is 11.3 Å². The van der Waals surface area contributed by atoms with Crippen molar-refractivity contribution in [3.63, 3.8) is 0 Å². The summed E-state index contributed by atoms with van der Waals surface area (Å²) in [6, 6.07) is 2.03. The van der Waals surface area contributed by atoms with Crippen LogP contribution in [0.1, 0.15) is 5.69 Å². The Kier molecular flexibility index (Phi) is 2.06. The van der Waals surface area contributed by atoms with Crippen molar-refractivity contribution < 1.29 is 0 Å². The van der Waals surface area contributed by atoms with Crippen molar-refractivity contribution in [2.24, 2.45) is 0 Å². The van der Waals surface area contributed by atoms with Crippen LogP contribution < -0.4 is 5.32 Å². The third kappa shape index (κ3) is 1.45. The van der Waals surface area contributed by atoms with E-state index in [1.165, 1.54) is 0 Å². The van der Waals surface area contributed by atoms with Gasteiger partial charge in [0, 0.05) is 25.0 Å². The van der Waals surface area contributed by atoms with Crippen molar-refractivity contribution in [2.75, 3.05) is 12.4 Å². The molecule has 2 heterocycles. The van der Waals surface area contributed by atoms with Gasteiger partial charge in [0.05, 0.1) is 5.69 Å². The van der Waals surface area contributed by atoms with Crippen molar-refractivity contribution in [2.45, 2.75) is 6.92 Å². The Morgan fingerprint density at radius 1 is 1.54 bits per heavy atom. The molecule has 0 fully saturated rings. The first-order chi connectivity index (χ1) is 6.31. The first kappa shape index (κ1) is 8.31. The summed E-state index contributed by atoms with van der Waals surface area (Å²) in [6.45, 7) is 2.01. The molecule has 4 heteroatoms. The van der Waals surface area contributed by atoms with Gasteiger partial charge >= 0.3 is 0 Å². The SMILES string of the molecule is CNc1sc(-c2cc[nH]c2)nc1C. The summed E-state index contributed by atoms with van der Waals surface area (Å²) in [5.41, 5.74) is 2.21. The highest BCUT2D eigenvalue weighted by molar-refractivity contribution is 7.19. The molecule has 0 saturated heterocycles. The number of anilines is 1. The highest BCUT2D eigenvalue weighted by atomic mass is 32.1. The summed E-state index contributed by atoms with van der Waals surface area (Å²) < 4.78 is 0.